The molecule has 8 nitrogen and oxygen atoms in total. The number of amides is 1. The summed E-state index contributed by atoms with van der Waals surface area (Å²) in [5, 5.41) is 8.91. The first-order chi connectivity index (χ1) is 15.4. The van der Waals surface area contributed by atoms with Crippen LogP contribution in [0, 0.1) is 6.92 Å². The molecule has 0 saturated carbocycles. The average Bonchev–Trinajstić information content (AvgIpc) is 3.34. The number of sulfonamides is 1. The number of rotatable bonds is 6. The van der Waals surface area contributed by atoms with E-state index >= 15 is 0 Å². The van der Waals surface area contributed by atoms with Crippen LogP contribution < -0.4 is 0 Å². The smallest absolute Gasteiger partial charge is 0.254 e. The van der Waals surface area contributed by atoms with Gasteiger partial charge in [-0.3, -0.25) is 4.79 Å². The van der Waals surface area contributed by atoms with Crippen LogP contribution in [0.3, 0.4) is 0 Å². The molecule has 4 rings (SSSR count). The van der Waals surface area contributed by atoms with Crippen LogP contribution in [-0.4, -0.2) is 57.9 Å². The topological polar surface area (TPSA) is 88.4 Å². The van der Waals surface area contributed by atoms with Crippen LogP contribution in [0.2, 0.25) is 0 Å². The predicted molar refractivity (Wildman–Crippen MR) is 122 cm³/mol. The number of carbonyl (C=O) groups is 1. The molecule has 32 heavy (non-hydrogen) atoms. The minimum Gasteiger partial charge on any atom is -0.328 e. The quantitative estimate of drug-likeness (QED) is 0.661. The Balaban J connectivity index is 1.67. The van der Waals surface area contributed by atoms with Crippen molar-refractivity contribution >= 4 is 15.9 Å². The number of hydrogen-bond acceptors (Lipinski definition) is 5. The predicted octanol–water partition coefficient (Wildman–Crippen LogP) is 3.32. The summed E-state index contributed by atoms with van der Waals surface area (Å²) in [5.74, 6) is 1.75. The van der Waals surface area contributed by atoms with Gasteiger partial charge in [-0.05, 0) is 50.3 Å². The van der Waals surface area contributed by atoms with Crippen LogP contribution in [0.15, 0.2) is 23.1 Å². The first-order valence-corrected chi connectivity index (χ1v) is 13.2. The lowest BCUT2D eigenvalue weighted by Gasteiger charge is -2.26. The van der Waals surface area contributed by atoms with E-state index in [1.807, 2.05) is 25.7 Å². The van der Waals surface area contributed by atoms with Gasteiger partial charge in [-0.25, -0.2) is 8.42 Å². The van der Waals surface area contributed by atoms with Gasteiger partial charge in [0.1, 0.15) is 5.82 Å². The third-order valence-corrected chi connectivity index (χ3v) is 8.78. The van der Waals surface area contributed by atoms with Crippen molar-refractivity contribution in [1.82, 2.24) is 24.0 Å². The summed E-state index contributed by atoms with van der Waals surface area (Å²) < 4.78 is 29.7. The molecule has 2 aliphatic rings. The number of benzene rings is 1. The Morgan fingerprint density at radius 1 is 1.09 bits per heavy atom. The molecule has 0 N–H and O–H groups in total. The van der Waals surface area contributed by atoms with Crippen LogP contribution in [0.1, 0.15) is 79.6 Å². The number of aryl methyl sites for hydroxylation is 2. The Bertz CT molecular complexity index is 1090. The van der Waals surface area contributed by atoms with Crippen molar-refractivity contribution in [3.63, 3.8) is 0 Å². The van der Waals surface area contributed by atoms with Crippen LogP contribution in [0.25, 0.3) is 0 Å². The van der Waals surface area contributed by atoms with Crippen LogP contribution in [0.4, 0.5) is 0 Å². The largest absolute Gasteiger partial charge is 0.328 e. The van der Waals surface area contributed by atoms with Crippen molar-refractivity contribution < 1.29 is 13.2 Å². The monoisotopic (exact) mass is 459 g/mol. The number of hydrogen-bond donors (Lipinski definition) is 0. The molecule has 1 aromatic heterocycles. The van der Waals surface area contributed by atoms with E-state index in [4.69, 9.17) is 0 Å². The van der Waals surface area contributed by atoms with E-state index in [-0.39, 0.29) is 16.8 Å². The van der Waals surface area contributed by atoms with E-state index in [0.717, 1.165) is 55.9 Å². The van der Waals surface area contributed by atoms with E-state index < -0.39 is 10.0 Å². The van der Waals surface area contributed by atoms with E-state index in [1.54, 1.807) is 18.2 Å². The minimum absolute atomic E-state index is 0.121. The number of fused-ring (bicyclic) bond motifs is 1. The Morgan fingerprint density at radius 3 is 2.62 bits per heavy atom. The molecule has 174 valence electrons. The summed E-state index contributed by atoms with van der Waals surface area (Å²) in [6.45, 7) is 7.81. The van der Waals surface area contributed by atoms with Gasteiger partial charge in [0.2, 0.25) is 10.0 Å². The van der Waals surface area contributed by atoms with Crippen LogP contribution >= 0.6 is 0 Å². The maximum atomic E-state index is 13.7. The highest BCUT2D eigenvalue weighted by Crippen LogP contribution is 2.34. The maximum Gasteiger partial charge on any atom is 0.254 e. The van der Waals surface area contributed by atoms with E-state index in [0.29, 0.717) is 25.2 Å². The van der Waals surface area contributed by atoms with Crippen molar-refractivity contribution in [2.75, 3.05) is 19.6 Å². The summed E-state index contributed by atoms with van der Waals surface area (Å²) in [5.41, 5.74) is 1.22. The first-order valence-electron chi connectivity index (χ1n) is 11.7. The zero-order chi connectivity index (χ0) is 22.9. The molecule has 1 amide bonds. The van der Waals surface area contributed by atoms with E-state index in [2.05, 4.69) is 14.8 Å². The summed E-state index contributed by atoms with van der Waals surface area (Å²) in [4.78, 5) is 15.7. The summed E-state index contributed by atoms with van der Waals surface area (Å²) in [7, 11) is -3.63. The maximum absolute atomic E-state index is 13.7. The minimum atomic E-state index is -3.63. The Labute approximate surface area is 190 Å². The highest BCUT2D eigenvalue weighted by molar-refractivity contribution is 7.89. The molecule has 0 bridgehead atoms. The van der Waals surface area contributed by atoms with Crippen molar-refractivity contribution in [2.45, 2.75) is 76.8 Å². The molecule has 2 aliphatic heterocycles. The van der Waals surface area contributed by atoms with Crippen LogP contribution in [0.5, 0.6) is 0 Å². The molecule has 1 atom stereocenters. The number of nitrogens with zero attached hydrogens (tertiary/aromatic N) is 5. The third-order valence-electron chi connectivity index (χ3n) is 6.73. The van der Waals surface area contributed by atoms with Gasteiger partial charge in [0, 0.05) is 38.2 Å². The Morgan fingerprint density at radius 2 is 1.88 bits per heavy atom. The van der Waals surface area contributed by atoms with Gasteiger partial charge in [0.15, 0.2) is 5.82 Å². The van der Waals surface area contributed by atoms with E-state index in [1.165, 1.54) is 10.7 Å². The lowest BCUT2D eigenvalue weighted by Crippen LogP contribution is -2.33. The first kappa shape index (κ1) is 22.9. The highest BCUT2D eigenvalue weighted by Gasteiger charge is 2.36. The molecule has 0 radical (unpaired) electrons. The van der Waals surface area contributed by atoms with Gasteiger partial charge in [0.25, 0.3) is 5.91 Å². The highest BCUT2D eigenvalue weighted by atomic mass is 32.2. The fourth-order valence-corrected chi connectivity index (χ4v) is 6.38. The molecule has 3 heterocycles. The van der Waals surface area contributed by atoms with Gasteiger partial charge in [-0.2, -0.15) is 4.31 Å². The zero-order valence-electron chi connectivity index (χ0n) is 19.2. The SMILES string of the molecule is CCN(CC)S(=O)(=O)c1ccc(C)c(C(=O)N2CCCC2c2nnc3n2CCCCC3)c1. The standard InChI is InChI=1S/C23H33N5O3S/c1-4-26(5-2)32(30,31)18-13-12-17(3)19(16-18)23(29)27-15-9-10-20(27)22-25-24-21-11-7-6-8-14-28(21)22/h12-13,16,20H,4-11,14-15H2,1-3H3. The molecular weight excluding hydrogens is 426 g/mol. The summed E-state index contributed by atoms with van der Waals surface area (Å²) in [6, 6.07) is 4.76. The second-order valence-corrected chi connectivity index (χ2v) is 10.6. The summed E-state index contributed by atoms with van der Waals surface area (Å²) in [6.07, 6.45) is 6.08. The van der Waals surface area contributed by atoms with Gasteiger partial charge < -0.3 is 9.47 Å². The molecule has 2 aromatic rings. The zero-order valence-corrected chi connectivity index (χ0v) is 20.1. The second kappa shape index (κ2) is 9.31. The Hall–Kier alpha value is -2.26. The van der Waals surface area contributed by atoms with Gasteiger partial charge in [-0.1, -0.05) is 26.3 Å². The van der Waals surface area contributed by atoms with Crippen LogP contribution in [-0.2, 0) is 23.0 Å². The molecule has 1 aromatic carbocycles. The van der Waals surface area contributed by atoms with Crippen molar-refractivity contribution in [1.29, 1.82) is 0 Å². The number of aromatic nitrogens is 3. The fraction of sp³-hybridized carbons (Fsp3) is 0.609. The van der Waals surface area contributed by atoms with Gasteiger partial charge >= 0.3 is 0 Å². The second-order valence-electron chi connectivity index (χ2n) is 8.66. The Kier molecular flexibility index (Phi) is 6.67. The molecule has 1 fully saturated rings. The molecule has 9 heteroatoms. The third kappa shape index (κ3) is 4.08. The van der Waals surface area contributed by atoms with E-state index in [9.17, 15) is 13.2 Å². The molecule has 0 spiro atoms. The average molecular weight is 460 g/mol. The van der Waals surface area contributed by atoms with Gasteiger partial charge in [0.05, 0.1) is 10.9 Å². The van der Waals surface area contributed by atoms with Crippen molar-refractivity contribution in [3.8, 4) is 0 Å². The molecule has 0 aliphatic carbocycles. The van der Waals surface area contributed by atoms with Crippen molar-refractivity contribution in [2.24, 2.45) is 0 Å². The van der Waals surface area contributed by atoms with Gasteiger partial charge in [-0.15, -0.1) is 10.2 Å². The van der Waals surface area contributed by atoms with Crippen molar-refractivity contribution in [3.05, 3.63) is 41.0 Å². The normalized spacial score (nSPS) is 19.2. The summed E-state index contributed by atoms with van der Waals surface area (Å²) >= 11 is 0. The molecule has 1 saturated heterocycles. The lowest BCUT2D eigenvalue weighted by molar-refractivity contribution is 0.0726. The molecule has 1 unspecified atom stereocenters. The number of likely N-dealkylation sites (tertiary alicyclic amines) is 1. The fourth-order valence-electron chi connectivity index (χ4n) is 4.89. The molecular formula is C23H33N5O3S. The number of carbonyl (C=O) groups excluding carboxylic acids is 1. The lowest BCUT2D eigenvalue weighted by atomic mass is 10.1.